The van der Waals surface area contributed by atoms with E-state index in [1.165, 1.54) is 14.7 Å². The molecule has 2 aromatic rings. The Hall–Kier alpha value is -1.43. The van der Waals surface area contributed by atoms with E-state index in [4.69, 9.17) is 9.47 Å². The summed E-state index contributed by atoms with van der Waals surface area (Å²) in [7, 11) is 0. The number of hydrogen-bond acceptors (Lipinski definition) is 3. The highest BCUT2D eigenvalue weighted by Crippen LogP contribution is 2.33. The second-order valence-corrected chi connectivity index (χ2v) is 6.47. The number of rotatable bonds is 3. The second-order valence-electron chi connectivity index (χ2n) is 5.23. The molecule has 1 aliphatic heterocycles. The van der Waals surface area contributed by atoms with E-state index >= 15 is 0 Å². The van der Waals surface area contributed by atoms with Gasteiger partial charge in [-0.25, -0.2) is 0 Å². The molecule has 3 nitrogen and oxygen atoms in total. The molecular weight excluding hydrogens is 377 g/mol. The van der Waals surface area contributed by atoms with Crippen molar-refractivity contribution in [3.8, 4) is 11.5 Å². The Balaban J connectivity index is 1.80. The molecule has 0 saturated heterocycles. The minimum atomic E-state index is 0.208. The summed E-state index contributed by atoms with van der Waals surface area (Å²) in [6, 6.07) is 12.8. The summed E-state index contributed by atoms with van der Waals surface area (Å²) in [4.78, 5) is 0. The van der Waals surface area contributed by atoms with Gasteiger partial charge in [-0.05, 0) is 77.9 Å². The zero-order chi connectivity index (χ0) is 14.8. The molecule has 1 unspecified atom stereocenters. The standard InChI is InChI=1S/C17H18INO2/c1-11-9-14(18)4-5-15(11)19-12(2)13-3-6-16-17(10-13)21-8-7-20-16/h3-6,9-10,12,19H,7-8H2,1-2H3. The van der Waals surface area contributed by atoms with Crippen LogP contribution in [-0.2, 0) is 0 Å². The number of halogens is 1. The minimum Gasteiger partial charge on any atom is -0.486 e. The molecule has 1 atom stereocenters. The first kappa shape index (κ1) is 14.5. The van der Waals surface area contributed by atoms with Crippen LogP contribution in [0.5, 0.6) is 11.5 Å². The SMILES string of the molecule is Cc1cc(I)ccc1NC(C)c1ccc2c(c1)OCCO2. The Bertz CT molecular complexity index is 657. The molecule has 0 bridgehead atoms. The Morgan fingerprint density at radius 3 is 2.57 bits per heavy atom. The number of ether oxygens (including phenoxy) is 2. The Morgan fingerprint density at radius 1 is 1.05 bits per heavy atom. The highest BCUT2D eigenvalue weighted by atomic mass is 127. The maximum absolute atomic E-state index is 5.65. The van der Waals surface area contributed by atoms with Crippen LogP contribution in [0.4, 0.5) is 5.69 Å². The number of aryl methyl sites for hydroxylation is 1. The van der Waals surface area contributed by atoms with Gasteiger partial charge >= 0.3 is 0 Å². The Labute approximate surface area is 138 Å². The van der Waals surface area contributed by atoms with Gasteiger partial charge in [0.15, 0.2) is 11.5 Å². The number of anilines is 1. The van der Waals surface area contributed by atoms with Crippen molar-refractivity contribution < 1.29 is 9.47 Å². The van der Waals surface area contributed by atoms with Crippen LogP contribution in [0.3, 0.4) is 0 Å². The fraction of sp³-hybridized carbons (Fsp3) is 0.294. The quantitative estimate of drug-likeness (QED) is 0.774. The molecule has 4 heteroatoms. The maximum Gasteiger partial charge on any atom is 0.161 e. The van der Waals surface area contributed by atoms with Crippen molar-refractivity contribution in [3.63, 3.8) is 0 Å². The van der Waals surface area contributed by atoms with E-state index in [0.717, 1.165) is 17.2 Å². The van der Waals surface area contributed by atoms with Gasteiger partial charge < -0.3 is 14.8 Å². The predicted octanol–water partition coefficient (Wildman–Crippen LogP) is 4.54. The number of benzene rings is 2. The average molecular weight is 395 g/mol. The first-order valence-corrected chi connectivity index (χ1v) is 8.13. The van der Waals surface area contributed by atoms with E-state index in [-0.39, 0.29) is 6.04 Å². The molecular formula is C17H18INO2. The lowest BCUT2D eigenvalue weighted by Gasteiger charge is -2.22. The van der Waals surface area contributed by atoms with Gasteiger partial charge in [0.2, 0.25) is 0 Å². The summed E-state index contributed by atoms with van der Waals surface area (Å²) in [6.45, 7) is 5.53. The molecule has 110 valence electrons. The third kappa shape index (κ3) is 3.26. The van der Waals surface area contributed by atoms with Crippen molar-refractivity contribution in [2.45, 2.75) is 19.9 Å². The molecule has 3 rings (SSSR count). The molecule has 0 spiro atoms. The van der Waals surface area contributed by atoms with Crippen molar-refractivity contribution in [1.29, 1.82) is 0 Å². The molecule has 1 N–H and O–H groups in total. The molecule has 0 saturated carbocycles. The molecule has 1 aliphatic rings. The maximum atomic E-state index is 5.65. The van der Waals surface area contributed by atoms with E-state index in [2.05, 4.69) is 72.1 Å². The summed E-state index contributed by atoms with van der Waals surface area (Å²) in [5.41, 5.74) is 3.61. The minimum absolute atomic E-state index is 0.208. The molecule has 21 heavy (non-hydrogen) atoms. The average Bonchev–Trinajstić information content (AvgIpc) is 2.49. The van der Waals surface area contributed by atoms with Gasteiger partial charge in [0, 0.05) is 15.3 Å². The van der Waals surface area contributed by atoms with E-state index in [9.17, 15) is 0 Å². The first-order valence-electron chi connectivity index (χ1n) is 7.06. The van der Waals surface area contributed by atoms with Crippen LogP contribution in [0, 0.1) is 10.5 Å². The van der Waals surface area contributed by atoms with Crippen LogP contribution in [0.2, 0.25) is 0 Å². The van der Waals surface area contributed by atoms with Gasteiger partial charge in [0.25, 0.3) is 0 Å². The van der Waals surface area contributed by atoms with Crippen molar-refractivity contribution in [2.24, 2.45) is 0 Å². The monoisotopic (exact) mass is 395 g/mol. The highest BCUT2D eigenvalue weighted by Gasteiger charge is 2.14. The number of hydrogen-bond donors (Lipinski definition) is 1. The van der Waals surface area contributed by atoms with Crippen molar-refractivity contribution in [3.05, 3.63) is 51.1 Å². The van der Waals surface area contributed by atoms with E-state index in [1.807, 2.05) is 6.07 Å². The van der Waals surface area contributed by atoms with Crippen molar-refractivity contribution in [2.75, 3.05) is 18.5 Å². The largest absolute Gasteiger partial charge is 0.486 e. The molecule has 0 amide bonds. The van der Waals surface area contributed by atoms with Gasteiger partial charge in [-0.15, -0.1) is 0 Å². The van der Waals surface area contributed by atoms with Gasteiger partial charge in [0.1, 0.15) is 13.2 Å². The molecule has 0 aliphatic carbocycles. The summed E-state index contributed by atoms with van der Waals surface area (Å²) >= 11 is 2.33. The molecule has 1 heterocycles. The molecule has 0 radical (unpaired) electrons. The predicted molar refractivity (Wildman–Crippen MR) is 93.4 cm³/mol. The van der Waals surface area contributed by atoms with Crippen molar-refractivity contribution >= 4 is 28.3 Å². The Kier molecular flexibility index (Phi) is 4.24. The normalized spacial score (nSPS) is 14.6. The van der Waals surface area contributed by atoms with E-state index < -0.39 is 0 Å². The fourth-order valence-electron chi connectivity index (χ4n) is 2.43. The molecule has 0 aromatic heterocycles. The lowest BCUT2D eigenvalue weighted by Crippen LogP contribution is -2.16. The third-order valence-electron chi connectivity index (χ3n) is 3.63. The van der Waals surface area contributed by atoms with Crippen LogP contribution in [-0.4, -0.2) is 13.2 Å². The van der Waals surface area contributed by atoms with Crippen molar-refractivity contribution in [1.82, 2.24) is 0 Å². The lowest BCUT2D eigenvalue weighted by atomic mass is 10.1. The summed E-state index contributed by atoms with van der Waals surface area (Å²) in [6.07, 6.45) is 0. The summed E-state index contributed by atoms with van der Waals surface area (Å²) in [5.74, 6) is 1.68. The second kappa shape index (κ2) is 6.13. The highest BCUT2D eigenvalue weighted by molar-refractivity contribution is 14.1. The number of fused-ring (bicyclic) bond motifs is 1. The zero-order valence-electron chi connectivity index (χ0n) is 12.2. The van der Waals surface area contributed by atoms with Gasteiger partial charge in [0.05, 0.1) is 0 Å². The van der Waals surface area contributed by atoms with Crippen LogP contribution >= 0.6 is 22.6 Å². The van der Waals surface area contributed by atoms with E-state index in [1.54, 1.807) is 0 Å². The first-order chi connectivity index (χ1) is 10.1. The summed E-state index contributed by atoms with van der Waals surface area (Å²) < 4.78 is 12.5. The van der Waals surface area contributed by atoms with Crippen LogP contribution in [0.1, 0.15) is 24.1 Å². The van der Waals surface area contributed by atoms with E-state index in [0.29, 0.717) is 13.2 Å². The van der Waals surface area contributed by atoms with Crippen LogP contribution in [0.15, 0.2) is 36.4 Å². The Morgan fingerprint density at radius 2 is 1.81 bits per heavy atom. The van der Waals surface area contributed by atoms with Gasteiger partial charge in [-0.2, -0.15) is 0 Å². The number of nitrogens with one attached hydrogen (secondary N) is 1. The van der Waals surface area contributed by atoms with Gasteiger partial charge in [-0.1, -0.05) is 6.07 Å². The smallest absolute Gasteiger partial charge is 0.161 e. The molecule has 0 fully saturated rings. The third-order valence-corrected chi connectivity index (χ3v) is 4.30. The zero-order valence-corrected chi connectivity index (χ0v) is 14.3. The summed E-state index contributed by atoms with van der Waals surface area (Å²) in [5, 5.41) is 3.56. The van der Waals surface area contributed by atoms with Gasteiger partial charge in [-0.3, -0.25) is 0 Å². The molecule has 2 aromatic carbocycles. The fourth-order valence-corrected chi connectivity index (χ4v) is 3.08. The van der Waals surface area contributed by atoms with Crippen LogP contribution < -0.4 is 14.8 Å². The lowest BCUT2D eigenvalue weighted by molar-refractivity contribution is 0.171. The topological polar surface area (TPSA) is 30.5 Å². The van der Waals surface area contributed by atoms with Crippen LogP contribution in [0.25, 0.3) is 0 Å².